The van der Waals surface area contributed by atoms with E-state index >= 15 is 0 Å². The van der Waals surface area contributed by atoms with E-state index in [1.807, 2.05) is 48.5 Å². The predicted molar refractivity (Wildman–Crippen MR) is 103 cm³/mol. The molecule has 0 aliphatic rings. The molecule has 0 radical (unpaired) electrons. The second kappa shape index (κ2) is 6.89. The molecule has 0 atom stereocenters. The van der Waals surface area contributed by atoms with Gasteiger partial charge in [0.1, 0.15) is 23.3 Å². The number of hydrogen-bond acceptors (Lipinski definition) is 6. The number of aromatic hydroxyl groups is 1. The van der Waals surface area contributed by atoms with Gasteiger partial charge in [-0.05, 0) is 41.1 Å². The molecular weight excluding hydrogens is 356 g/mol. The zero-order valence-corrected chi connectivity index (χ0v) is 14.8. The number of aromatic nitrogens is 1. The molecule has 0 spiro atoms. The molecule has 3 aromatic carbocycles. The SMILES string of the molecule is COC(=O)c1nc(C#N)c2cc(Oc3ccc4ccccc4c3)ccc2c1O. The molecule has 1 aromatic heterocycles. The summed E-state index contributed by atoms with van der Waals surface area (Å²) in [4.78, 5) is 15.7. The first kappa shape index (κ1) is 17.3. The summed E-state index contributed by atoms with van der Waals surface area (Å²) in [6, 6.07) is 20.5. The van der Waals surface area contributed by atoms with Crippen molar-refractivity contribution in [3.05, 3.63) is 72.1 Å². The molecule has 4 aromatic rings. The van der Waals surface area contributed by atoms with E-state index in [2.05, 4.69) is 9.72 Å². The second-order valence-electron chi connectivity index (χ2n) is 6.08. The zero-order valence-electron chi connectivity index (χ0n) is 14.8. The zero-order chi connectivity index (χ0) is 19.7. The van der Waals surface area contributed by atoms with Gasteiger partial charge in [-0.25, -0.2) is 9.78 Å². The van der Waals surface area contributed by atoms with Gasteiger partial charge in [-0.3, -0.25) is 0 Å². The number of carbonyl (C=O) groups is 1. The van der Waals surface area contributed by atoms with Crippen LogP contribution in [0.2, 0.25) is 0 Å². The number of carbonyl (C=O) groups excluding carboxylic acids is 1. The average molecular weight is 370 g/mol. The number of ether oxygens (including phenoxy) is 2. The van der Waals surface area contributed by atoms with Crippen molar-refractivity contribution in [1.82, 2.24) is 4.98 Å². The molecule has 0 unspecified atom stereocenters. The van der Waals surface area contributed by atoms with Crippen molar-refractivity contribution in [2.24, 2.45) is 0 Å². The molecule has 0 aliphatic carbocycles. The Labute approximate surface area is 160 Å². The molecule has 0 saturated carbocycles. The van der Waals surface area contributed by atoms with Crippen molar-refractivity contribution < 1.29 is 19.4 Å². The highest BCUT2D eigenvalue weighted by Gasteiger charge is 2.20. The van der Waals surface area contributed by atoms with Crippen molar-refractivity contribution in [2.75, 3.05) is 7.11 Å². The summed E-state index contributed by atoms with van der Waals surface area (Å²) in [5, 5.41) is 22.6. The fourth-order valence-corrected chi connectivity index (χ4v) is 3.03. The minimum absolute atomic E-state index is 0.00263. The highest BCUT2D eigenvalue weighted by molar-refractivity contribution is 6.01. The van der Waals surface area contributed by atoms with Gasteiger partial charge in [-0.1, -0.05) is 30.3 Å². The Morgan fingerprint density at radius 1 is 1.00 bits per heavy atom. The molecular formula is C22H14N2O4. The number of nitrogens with zero attached hydrogens (tertiary/aromatic N) is 2. The Balaban J connectivity index is 1.78. The van der Waals surface area contributed by atoms with Gasteiger partial charge in [0.25, 0.3) is 0 Å². The van der Waals surface area contributed by atoms with E-state index in [9.17, 15) is 15.2 Å². The van der Waals surface area contributed by atoms with Gasteiger partial charge in [-0.2, -0.15) is 5.26 Å². The Bertz CT molecular complexity index is 1270. The number of methoxy groups -OCH3 is 1. The normalized spacial score (nSPS) is 10.6. The third kappa shape index (κ3) is 2.95. The number of esters is 1. The van der Waals surface area contributed by atoms with Crippen LogP contribution in [0.25, 0.3) is 21.5 Å². The van der Waals surface area contributed by atoms with Crippen molar-refractivity contribution in [3.8, 4) is 23.3 Å². The van der Waals surface area contributed by atoms with Crippen LogP contribution >= 0.6 is 0 Å². The predicted octanol–water partition coefficient (Wildman–Crippen LogP) is 4.54. The van der Waals surface area contributed by atoms with Crippen LogP contribution < -0.4 is 4.74 Å². The second-order valence-corrected chi connectivity index (χ2v) is 6.08. The lowest BCUT2D eigenvalue weighted by Crippen LogP contribution is -2.06. The van der Waals surface area contributed by atoms with Gasteiger partial charge in [0.05, 0.1) is 7.11 Å². The van der Waals surface area contributed by atoms with Crippen LogP contribution in [-0.2, 0) is 4.74 Å². The molecule has 6 heteroatoms. The third-order valence-corrected chi connectivity index (χ3v) is 4.39. The van der Waals surface area contributed by atoms with Crippen LogP contribution in [0.4, 0.5) is 0 Å². The smallest absolute Gasteiger partial charge is 0.360 e. The molecule has 28 heavy (non-hydrogen) atoms. The Morgan fingerprint density at radius 3 is 2.46 bits per heavy atom. The van der Waals surface area contributed by atoms with Crippen molar-refractivity contribution in [1.29, 1.82) is 5.26 Å². The first-order valence-electron chi connectivity index (χ1n) is 8.42. The highest BCUT2D eigenvalue weighted by atomic mass is 16.5. The lowest BCUT2D eigenvalue weighted by Gasteiger charge is -2.11. The number of nitriles is 1. The van der Waals surface area contributed by atoms with E-state index in [-0.39, 0.29) is 17.1 Å². The quantitative estimate of drug-likeness (QED) is 0.532. The minimum atomic E-state index is -0.813. The molecule has 0 saturated heterocycles. The summed E-state index contributed by atoms with van der Waals surface area (Å²) in [6.07, 6.45) is 0. The lowest BCUT2D eigenvalue weighted by molar-refractivity contribution is 0.0590. The summed E-state index contributed by atoms with van der Waals surface area (Å²) in [5.74, 6) is -0.0308. The van der Waals surface area contributed by atoms with Crippen LogP contribution in [0.1, 0.15) is 16.2 Å². The maximum absolute atomic E-state index is 11.8. The van der Waals surface area contributed by atoms with Gasteiger partial charge < -0.3 is 14.6 Å². The van der Waals surface area contributed by atoms with Gasteiger partial charge in [0, 0.05) is 10.8 Å². The Morgan fingerprint density at radius 2 is 1.71 bits per heavy atom. The van der Waals surface area contributed by atoms with E-state index in [0.29, 0.717) is 22.3 Å². The number of pyridine rings is 1. The summed E-state index contributed by atoms with van der Waals surface area (Å²) >= 11 is 0. The van der Waals surface area contributed by atoms with Crippen LogP contribution in [0.3, 0.4) is 0 Å². The summed E-state index contributed by atoms with van der Waals surface area (Å²) in [7, 11) is 1.18. The fraction of sp³-hybridized carbons (Fsp3) is 0.0455. The molecule has 0 fully saturated rings. The first-order valence-corrected chi connectivity index (χ1v) is 8.42. The van der Waals surface area contributed by atoms with E-state index in [4.69, 9.17) is 4.74 Å². The molecule has 0 bridgehead atoms. The molecule has 1 heterocycles. The highest BCUT2D eigenvalue weighted by Crippen LogP contribution is 2.34. The summed E-state index contributed by atoms with van der Waals surface area (Å²) < 4.78 is 10.5. The lowest BCUT2D eigenvalue weighted by atomic mass is 10.1. The van der Waals surface area contributed by atoms with E-state index in [1.165, 1.54) is 7.11 Å². The topological polar surface area (TPSA) is 92.4 Å². The Hall–Kier alpha value is -4.11. The van der Waals surface area contributed by atoms with Gasteiger partial charge in [0.15, 0.2) is 11.4 Å². The van der Waals surface area contributed by atoms with Gasteiger partial charge >= 0.3 is 5.97 Å². The average Bonchev–Trinajstić information content (AvgIpc) is 2.73. The van der Waals surface area contributed by atoms with Gasteiger partial charge in [-0.15, -0.1) is 0 Å². The monoisotopic (exact) mass is 370 g/mol. The molecule has 0 aliphatic heterocycles. The maximum atomic E-state index is 11.8. The number of rotatable bonds is 3. The molecule has 4 rings (SSSR count). The van der Waals surface area contributed by atoms with Gasteiger partial charge in [0.2, 0.25) is 0 Å². The van der Waals surface area contributed by atoms with Crippen LogP contribution in [0.5, 0.6) is 17.2 Å². The van der Waals surface area contributed by atoms with E-state index < -0.39 is 5.97 Å². The number of fused-ring (bicyclic) bond motifs is 2. The fourth-order valence-electron chi connectivity index (χ4n) is 3.03. The van der Waals surface area contributed by atoms with Crippen LogP contribution in [0.15, 0.2) is 60.7 Å². The van der Waals surface area contributed by atoms with Crippen LogP contribution in [-0.4, -0.2) is 23.2 Å². The molecule has 0 amide bonds. The minimum Gasteiger partial charge on any atom is -0.505 e. The van der Waals surface area contributed by atoms with Crippen molar-refractivity contribution >= 4 is 27.5 Å². The van der Waals surface area contributed by atoms with Crippen molar-refractivity contribution in [3.63, 3.8) is 0 Å². The largest absolute Gasteiger partial charge is 0.505 e. The molecule has 1 N–H and O–H groups in total. The Kier molecular flexibility index (Phi) is 4.26. The first-order chi connectivity index (χ1) is 13.6. The van der Waals surface area contributed by atoms with E-state index in [0.717, 1.165) is 10.8 Å². The molecule has 136 valence electrons. The number of hydrogen-bond donors (Lipinski definition) is 1. The standard InChI is InChI=1S/C22H14N2O4/c1-27-22(26)20-21(25)17-9-8-16(11-18(17)19(12-23)24-20)28-15-7-6-13-4-2-3-5-14(13)10-15/h2-11,25H,1H3. The third-order valence-electron chi connectivity index (χ3n) is 4.39. The summed E-state index contributed by atoms with van der Waals surface area (Å²) in [5.41, 5.74) is -0.299. The van der Waals surface area contributed by atoms with Crippen LogP contribution in [0, 0.1) is 11.3 Å². The van der Waals surface area contributed by atoms with E-state index in [1.54, 1.807) is 18.2 Å². The maximum Gasteiger partial charge on any atom is 0.360 e. The van der Waals surface area contributed by atoms with Crippen molar-refractivity contribution in [2.45, 2.75) is 0 Å². The molecule has 6 nitrogen and oxygen atoms in total. The summed E-state index contributed by atoms with van der Waals surface area (Å²) in [6.45, 7) is 0. The number of benzene rings is 3.